The quantitative estimate of drug-likeness (QED) is 0.393. The summed E-state index contributed by atoms with van der Waals surface area (Å²) >= 11 is 0. The van der Waals surface area contributed by atoms with Crippen LogP contribution in [0.25, 0.3) is 0 Å². The van der Waals surface area contributed by atoms with Gasteiger partial charge in [-0.25, -0.2) is 0 Å². The molecule has 0 fully saturated rings. The van der Waals surface area contributed by atoms with E-state index in [9.17, 15) is 0 Å². The van der Waals surface area contributed by atoms with E-state index in [4.69, 9.17) is 9.90 Å². The van der Waals surface area contributed by atoms with E-state index in [1.165, 1.54) is 0 Å². The zero-order valence-electron chi connectivity index (χ0n) is 2.36. The van der Waals surface area contributed by atoms with Gasteiger partial charge in [-0.05, 0) is 0 Å². The van der Waals surface area contributed by atoms with E-state index in [0.717, 1.165) is 6.92 Å². The van der Waals surface area contributed by atoms with Crippen LogP contribution in [-0.2, 0) is 4.79 Å². The summed E-state index contributed by atoms with van der Waals surface area (Å²) in [6.45, 7) is 1.08. The molecule has 0 atom stereocenters. The second-order valence-electron chi connectivity index (χ2n) is 0.519. The van der Waals surface area contributed by atoms with Crippen LogP contribution >= 0.6 is 0 Å². The average molecular weight is 156 g/mol. The minimum atomic E-state index is -0.833. The van der Waals surface area contributed by atoms with Gasteiger partial charge >= 0.3 is 118 Å². The molecule has 0 unspecified atom stereocenters. The van der Waals surface area contributed by atoms with Crippen molar-refractivity contribution in [2.45, 2.75) is 6.92 Å². The van der Waals surface area contributed by atoms with Crippen LogP contribution in [0.2, 0.25) is 0 Å². The summed E-state index contributed by atoms with van der Waals surface area (Å²) in [5, 5.41) is 7.42. The van der Waals surface area contributed by atoms with Crippen molar-refractivity contribution in [3.63, 3.8) is 0 Å². The first kappa shape index (κ1) is 30.0. The summed E-state index contributed by atoms with van der Waals surface area (Å²) in [7, 11) is 0. The maximum absolute atomic E-state index is 9.00. The van der Waals surface area contributed by atoms with Crippen LogP contribution < -0.4 is 0 Å². The predicted molar refractivity (Wildman–Crippen MR) is 41.9 cm³/mol. The number of carboxylic acids is 1. The molecule has 0 aromatic rings. The summed E-state index contributed by atoms with van der Waals surface area (Å²) in [5.41, 5.74) is 0. The van der Waals surface area contributed by atoms with Gasteiger partial charge in [-0.1, -0.05) is 0 Å². The molecule has 0 amide bonds. The number of hydrogen-bond donors (Lipinski definition) is 1. The first-order chi connectivity index (χ1) is 1.73. The molecule has 1 N–H and O–H groups in total. The van der Waals surface area contributed by atoms with E-state index in [1.807, 2.05) is 0 Å². The van der Waals surface area contributed by atoms with Gasteiger partial charge in [0.05, 0.1) is 0 Å². The Balaban J connectivity index is -0.00000000750. The fraction of sp³-hybridized carbons (Fsp3) is 0.500. The molecule has 0 aliphatic heterocycles. The van der Waals surface area contributed by atoms with Crippen LogP contribution in [0.5, 0.6) is 0 Å². The normalized spacial score (nSPS) is 3.12. The molecular formula is C2H8Na4O2. The summed E-state index contributed by atoms with van der Waals surface area (Å²) < 4.78 is 0. The Morgan fingerprint density at radius 3 is 1.12 bits per heavy atom. The van der Waals surface area contributed by atoms with Gasteiger partial charge in [0.2, 0.25) is 0 Å². The average Bonchev–Trinajstić information content (AvgIpc) is 0.811. The Hall–Kier alpha value is 3.47. The summed E-state index contributed by atoms with van der Waals surface area (Å²) in [6.07, 6.45) is 0. The SMILES string of the molecule is CC(=O)O.[NaH].[NaH].[NaH].[NaH]. The van der Waals surface area contributed by atoms with Crippen LogP contribution in [0.3, 0.4) is 0 Å². The van der Waals surface area contributed by atoms with Crippen molar-refractivity contribution >= 4 is 124 Å². The molecule has 0 aliphatic carbocycles. The van der Waals surface area contributed by atoms with Gasteiger partial charge in [0, 0.05) is 6.92 Å². The van der Waals surface area contributed by atoms with E-state index in [1.54, 1.807) is 0 Å². The van der Waals surface area contributed by atoms with Gasteiger partial charge in [0.25, 0.3) is 5.97 Å². The van der Waals surface area contributed by atoms with Gasteiger partial charge in [-0.15, -0.1) is 0 Å². The zero-order valence-corrected chi connectivity index (χ0v) is 2.36. The van der Waals surface area contributed by atoms with E-state index >= 15 is 0 Å². The predicted octanol–water partition coefficient (Wildman–Crippen LogP) is -2.50. The number of hydrogen-bond acceptors (Lipinski definition) is 1. The molecule has 0 aliphatic rings. The first-order valence-electron chi connectivity index (χ1n) is 0.928. The Kier molecular flexibility index (Phi) is 84.2. The molecular weight excluding hydrogens is 148 g/mol. The Morgan fingerprint density at radius 1 is 1.12 bits per heavy atom. The first-order valence-corrected chi connectivity index (χ1v) is 0.928. The number of rotatable bonds is 0. The van der Waals surface area contributed by atoms with E-state index in [-0.39, 0.29) is 118 Å². The molecule has 0 saturated carbocycles. The molecule has 0 aromatic heterocycles. The molecule has 0 rings (SSSR count). The molecule has 8 heavy (non-hydrogen) atoms. The van der Waals surface area contributed by atoms with Crippen LogP contribution in [0.1, 0.15) is 6.92 Å². The Morgan fingerprint density at radius 2 is 1.12 bits per heavy atom. The van der Waals surface area contributed by atoms with E-state index in [0.29, 0.717) is 0 Å². The maximum atomic E-state index is 9.00. The van der Waals surface area contributed by atoms with Gasteiger partial charge < -0.3 is 5.11 Å². The third-order valence-corrected chi connectivity index (χ3v) is 0. The number of aliphatic carboxylic acids is 1. The van der Waals surface area contributed by atoms with Crippen molar-refractivity contribution < 1.29 is 9.90 Å². The molecule has 0 saturated heterocycles. The van der Waals surface area contributed by atoms with Gasteiger partial charge in [-0.3, -0.25) is 4.79 Å². The van der Waals surface area contributed by atoms with Crippen LogP contribution in [-0.4, -0.2) is 129 Å². The Labute approximate surface area is 138 Å². The topological polar surface area (TPSA) is 37.3 Å². The molecule has 0 aromatic carbocycles. The van der Waals surface area contributed by atoms with Crippen molar-refractivity contribution in [3.05, 3.63) is 0 Å². The van der Waals surface area contributed by atoms with Crippen LogP contribution in [0, 0.1) is 0 Å². The summed E-state index contributed by atoms with van der Waals surface area (Å²) in [4.78, 5) is 9.00. The number of carboxylic acid groups (broad SMARTS) is 1. The molecule has 0 spiro atoms. The third-order valence-electron chi connectivity index (χ3n) is 0. The minimum absolute atomic E-state index is 0. The molecule has 32 valence electrons. The molecule has 0 radical (unpaired) electrons. The molecule has 0 heterocycles. The van der Waals surface area contributed by atoms with Gasteiger partial charge in [0.15, 0.2) is 0 Å². The number of carbonyl (C=O) groups is 1. The summed E-state index contributed by atoms with van der Waals surface area (Å²) in [5.74, 6) is -0.833. The van der Waals surface area contributed by atoms with Crippen molar-refractivity contribution in [3.8, 4) is 0 Å². The van der Waals surface area contributed by atoms with Crippen LogP contribution in [0.15, 0.2) is 0 Å². The fourth-order valence-corrected chi connectivity index (χ4v) is 0. The second kappa shape index (κ2) is 22.4. The van der Waals surface area contributed by atoms with Crippen LogP contribution in [0.4, 0.5) is 0 Å². The Bertz CT molecular complexity index is 35.0. The standard InChI is InChI=1S/C2H4O2.4Na.4H/c1-2(3)4;;;;;;;;/h1H3,(H,3,4);;;;;;;;. The van der Waals surface area contributed by atoms with Crippen molar-refractivity contribution in [1.82, 2.24) is 0 Å². The second-order valence-corrected chi connectivity index (χ2v) is 0.519. The van der Waals surface area contributed by atoms with Crippen molar-refractivity contribution in [2.75, 3.05) is 0 Å². The van der Waals surface area contributed by atoms with Crippen molar-refractivity contribution in [2.24, 2.45) is 0 Å². The zero-order chi connectivity index (χ0) is 3.58. The fourth-order valence-electron chi connectivity index (χ4n) is 0. The van der Waals surface area contributed by atoms with Gasteiger partial charge in [-0.2, -0.15) is 0 Å². The van der Waals surface area contributed by atoms with E-state index in [2.05, 4.69) is 0 Å². The molecule has 0 bridgehead atoms. The van der Waals surface area contributed by atoms with Crippen molar-refractivity contribution in [1.29, 1.82) is 0 Å². The third kappa shape index (κ3) is 56.4. The van der Waals surface area contributed by atoms with E-state index < -0.39 is 5.97 Å². The molecule has 6 heteroatoms. The molecule has 2 nitrogen and oxygen atoms in total. The van der Waals surface area contributed by atoms with Gasteiger partial charge in [0.1, 0.15) is 0 Å². The summed E-state index contributed by atoms with van der Waals surface area (Å²) in [6, 6.07) is 0. The monoisotopic (exact) mass is 156 g/mol.